The Morgan fingerprint density at radius 2 is 1.43 bits per heavy atom. The molecular formula is C21H24F2NO4PS. The Balaban J connectivity index is 2.46. The van der Waals surface area contributed by atoms with Crippen molar-refractivity contribution in [1.29, 1.82) is 0 Å². The van der Waals surface area contributed by atoms with Crippen molar-refractivity contribution in [1.82, 2.24) is 5.32 Å². The van der Waals surface area contributed by atoms with Gasteiger partial charge in [0.2, 0.25) is 0 Å². The van der Waals surface area contributed by atoms with E-state index in [1.165, 1.54) is 31.4 Å². The van der Waals surface area contributed by atoms with Crippen LogP contribution in [-0.2, 0) is 26.1 Å². The summed E-state index contributed by atoms with van der Waals surface area (Å²) in [5.41, 5.74) is -0.765. The minimum absolute atomic E-state index is 0.00547. The minimum atomic E-state index is -2.77. The van der Waals surface area contributed by atoms with Gasteiger partial charge in [0.1, 0.15) is 23.3 Å². The summed E-state index contributed by atoms with van der Waals surface area (Å²) in [6.45, 7) is 5.09. The largest absolute Gasteiger partial charge is 0.467 e. The van der Waals surface area contributed by atoms with Gasteiger partial charge < -0.3 is 14.8 Å². The van der Waals surface area contributed by atoms with Crippen LogP contribution < -0.4 is 15.9 Å². The third kappa shape index (κ3) is 6.34. The van der Waals surface area contributed by atoms with Gasteiger partial charge in [-0.15, -0.1) is 0 Å². The molecule has 0 spiro atoms. The molecule has 1 atom stereocenters. The quantitative estimate of drug-likeness (QED) is 0.534. The topological polar surface area (TPSA) is 64.6 Å². The molecule has 0 saturated heterocycles. The molecule has 5 nitrogen and oxygen atoms in total. The third-order valence-electron chi connectivity index (χ3n) is 4.10. The third-order valence-corrected chi connectivity index (χ3v) is 8.96. The maximum Gasteiger partial charge on any atom is 0.408 e. The molecule has 0 fully saturated rings. The smallest absolute Gasteiger partial charge is 0.408 e. The molecule has 9 heteroatoms. The average molecular weight is 455 g/mol. The van der Waals surface area contributed by atoms with Crippen LogP contribution in [0.3, 0.4) is 0 Å². The van der Waals surface area contributed by atoms with E-state index in [9.17, 15) is 18.4 Å². The first-order chi connectivity index (χ1) is 13.9. The second-order valence-electron chi connectivity index (χ2n) is 7.60. The first kappa shape index (κ1) is 24.0. The number of hydrogen-bond acceptors (Lipinski definition) is 5. The molecule has 0 saturated carbocycles. The van der Waals surface area contributed by atoms with Crippen molar-refractivity contribution >= 4 is 40.5 Å². The number of halogens is 2. The zero-order chi connectivity index (χ0) is 22.5. The maximum atomic E-state index is 13.5. The Labute approximate surface area is 179 Å². The van der Waals surface area contributed by atoms with E-state index in [1.807, 2.05) is 0 Å². The average Bonchev–Trinajstić information content (AvgIpc) is 2.66. The summed E-state index contributed by atoms with van der Waals surface area (Å²) in [5, 5.41) is 3.75. The summed E-state index contributed by atoms with van der Waals surface area (Å²) in [7, 11) is 1.20. The van der Waals surface area contributed by atoms with Crippen LogP contribution in [0.25, 0.3) is 0 Å². The molecule has 30 heavy (non-hydrogen) atoms. The number of carbonyl (C=O) groups is 2. The molecule has 2 rings (SSSR count). The van der Waals surface area contributed by atoms with Gasteiger partial charge >= 0.3 is 12.1 Å². The molecule has 0 radical (unpaired) electrons. The lowest BCUT2D eigenvalue weighted by molar-refractivity contribution is -0.142. The molecule has 0 aliphatic carbocycles. The summed E-state index contributed by atoms with van der Waals surface area (Å²) in [4.78, 5) is 24.7. The van der Waals surface area contributed by atoms with Gasteiger partial charge in [-0.1, -0.05) is 36.1 Å². The zero-order valence-electron chi connectivity index (χ0n) is 17.1. The SMILES string of the molecule is COC(=O)[C@@H](CP(=S)(c1ccc(F)cc1)c1ccc(F)cc1)NC(=O)OC(C)(C)C. The molecule has 0 unspecified atom stereocenters. The van der Waals surface area contributed by atoms with E-state index < -0.39 is 41.4 Å². The van der Waals surface area contributed by atoms with Crippen LogP contribution in [0, 0.1) is 11.6 Å². The lowest BCUT2D eigenvalue weighted by atomic mass is 10.2. The van der Waals surface area contributed by atoms with Crippen molar-refractivity contribution in [3.8, 4) is 0 Å². The van der Waals surface area contributed by atoms with E-state index in [0.29, 0.717) is 10.6 Å². The lowest BCUT2D eigenvalue weighted by Gasteiger charge is -2.28. The van der Waals surface area contributed by atoms with E-state index in [0.717, 1.165) is 0 Å². The van der Waals surface area contributed by atoms with Crippen molar-refractivity contribution in [2.45, 2.75) is 32.4 Å². The second kappa shape index (κ2) is 9.67. The van der Waals surface area contributed by atoms with Gasteiger partial charge in [0.05, 0.1) is 7.11 Å². The van der Waals surface area contributed by atoms with Crippen molar-refractivity contribution < 1.29 is 27.8 Å². The van der Waals surface area contributed by atoms with Crippen LogP contribution in [0.5, 0.6) is 0 Å². The van der Waals surface area contributed by atoms with Crippen molar-refractivity contribution in [2.24, 2.45) is 0 Å². The van der Waals surface area contributed by atoms with E-state index in [4.69, 9.17) is 21.3 Å². The number of alkyl carbamates (subject to hydrolysis) is 1. The summed E-state index contributed by atoms with van der Waals surface area (Å²) >= 11 is 5.99. The highest BCUT2D eigenvalue weighted by molar-refractivity contribution is 8.22. The predicted octanol–water partition coefficient (Wildman–Crippen LogP) is 3.46. The van der Waals surface area contributed by atoms with Gasteiger partial charge in [0, 0.05) is 12.2 Å². The number of benzene rings is 2. The fourth-order valence-electron chi connectivity index (χ4n) is 2.75. The van der Waals surface area contributed by atoms with E-state index in [1.54, 1.807) is 45.0 Å². The molecule has 162 valence electrons. The van der Waals surface area contributed by atoms with Crippen LogP contribution in [0.4, 0.5) is 13.6 Å². The number of hydrogen-bond donors (Lipinski definition) is 1. The number of methoxy groups -OCH3 is 1. The zero-order valence-corrected chi connectivity index (χ0v) is 18.9. The highest BCUT2D eigenvalue weighted by Gasteiger charge is 2.33. The number of ether oxygens (including phenoxy) is 2. The van der Waals surface area contributed by atoms with Gasteiger partial charge in [-0.05, 0) is 55.6 Å². The van der Waals surface area contributed by atoms with Crippen molar-refractivity contribution in [3.63, 3.8) is 0 Å². The summed E-state index contributed by atoms with van der Waals surface area (Å²) in [6.07, 6.45) is -0.788. The highest BCUT2D eigenvalue weighted by Crippen LogP contribution is 2.44. The molecule has 1 amide bonds. The van der Waals surface area contributed by atoms with Crippen molar-refractivity contribution in [3.05, 3.63) is 60.2 Å². The first-order valence-electron chi connectivity index (χ1n) is 9.13. The van der Waals surface area contributed by atoms with Crippen LogP contribution in [0.1, 0.15) is 20.8 Å². The second-order valence-corrected chi connectivity index (χ2v) is 12.3. The fourth-order valence-corrected chi connectivity index (χ4v) is 6.67. The van der Waals surface area contributed by atoms with Gasteiger partial charge in [0.25, 0.3) is 0 Å². The van der Waals surface area contributed by atoms with Crippen LogP contribution in [0.2, 0.25) is 0 Å². The summed E-state index contributed by atoms with van der Waals surface area (Å²) in [6, 6.07) is 7.39. The standard InChI is InChI=1S/C21H24F2NO4PS/c1-21(2,3)28-20(26)24-18(19(25)27-4)13-29(30,16-9-5-14(22)6-10-16)17-11-7-15(23)8-12-17/h5-12,18H,13H2,1-4H3,(H,24,26)/t18-/m1/s1. The Bertz CT molecular complexity index is 893. The van der Waals surface area contributed by atoms with Crippen LogP contribution in [-0.4, -0.2) is 37.0 Å². The number of carbonyl (C=O) groups excluding carboxylic acids is 2. The van der Waals surface area contributed by atoms with Gasteiger partial charge in [-0.2, -0.15) is 0 Å². The normalized spacial score (nSPS) is 12.7. The first-order valence-corrected chi connectivity index (χ1v) is 12.1. The fraction of sp³-hybridized carbons (Fsp3) is 0.333. The summed E-state index contributed by atoms with van der Waals surface area (Å²) in [5.74, 6) is -1.56. The number of esters is 1. The molecule has 0 heterocycles. The molecule has 2 aromatic rings. The molecule has 0 aliphatic heterocycles. The molecule has 2 aromatic carbocycles. The van der Waals surface area contributed by atoms with Crippen molar-refractivity contribution in [2.75, 3.05) is 13.3 Å². The minimum Gasteiger partial charge on any atom is -0.467 e. The maximum absolute atomic E-state index is 13.5. The molecule has 1 N–H and O–H groups in total. The monoisotopic (exact) mass is 455 g/mol. The molecule has 0 aromatic heterocycles. The number of nitrogens with one attached hydrogen (secondary N) is 1. The lowest BCUT2D eigenvalue weighted by Crippen LogP contribution is -2.47. The predicted molar refractivity (Wildman–Crippen MR) is 116 cm³/mol. The van der Waals surface area contributed by atoms with Gasteiger partial charge in [-0.3, -0.25) is 0 Å². The number of rotatable bonds is 6. The summed E-state index contributed by atoms with van der Waals surface area (Å²) < 4.78 is 37.1. The van der Waals surface area contributed by atoms with E-state index >= 15 is 0 Å². The Morgan fingerprint density at radius 3 is 1.80 bits per heavy atom. The molecule has 0 aliphatic rings. The van der Waals surface area contributed by atoms with Gasteiger partial charge in [0.15, 0.2) is 0 Å². The molecule has 0 bridgehead atoms. The van der Waals surface area contributed by atoms with Gasteiger partial charge in [-0.25, -0.2) is 18.4 Å². The highest BCUT2D eigenvalue weighted by atomic mass is 32.4. The Hall–Kier alpha value is -2.31. The molecular weight excluding hydrogens is 431 g/mol. The van der Waals surface area contributed by atoms with Crippen LogP contribution >= 0.6 is 6.04 Å². The van der Waals surface area contributed by atoms with E-state index in [-0.39, 0.29) is 6.16 Å². The Kier molecular flexibility index (Phi) is 7.72. The van der Waals surface area contributed by atoms with E-state index in [2.05, 4.69) is 5.32 Å². The Morgan fingerprint density at radius 1 is 1.00 bits per heavy atom. The van der Waals surface area contributed by atoms with Crippen LogP contribution in [0.15, 0.2) is 48.5 Å². The number of amides is 1.